The number of hydrogen-bond donors (Lipinski definition) is 2. The fourth-order valence-corrected chi connectivity index (χ4v) is 4.74. The van der Waals surface area contributed by atoms with Crippen LogP contribution in [0.2, 0.25) is 0 Å². The van der Waals surface area contributed by atoms with Gasteiger partial charge in [-0.15, -0.1) is 0 Å². The molecule has 0 aliphatic carbocycles. The number of carbonyl (C=O) groups excluding carboxylic acids is 1. The zero-order valence-electron chi connectivity index (χ0n) is 22.8. The number of carboxylic acid groups (broad SMARTS) is 2. The molecule has 0 fully saturated rings. The third-order valence-corrected chi connectivity index (χ3v) is 7.33. The molecule has 0 saturated heterocycles. The maximum atomic E-state index is 13.0. The van der Waals surface area contributed by atoms with Gasteiger partial charge in [0.2, 0.25) is 0 Å². The number of carbonyl (C=O) groups is 3. The Hall–Kier alpha value is -3.09. The van der Waals surface area contributed by atoms with Crippen molar-refractivity contribution in [3.63, 3.8) is 0 Å². The zero-order valence-corrected chi connectivity index (χ0v) is 28.4. The van der Waals surface area contributed by atoms with Crippen LogP contribution in [0.1, 0.15) is 36.6 Å². The molecule has 13 nitrogen and oxygen atoms in total. The second kappa shape index (κ2) is 14.8. The molecule has 0 atom stereocenters. The quantitative estimate of drug-likeness (QED) is 0.104. The Kier molecular flexibility index (Phi) is 12.5. The number of ether oxygens (including phenoxy) is 2. The van der Waals surface area contributed by atoms with Crippen molar-refractivity contribution < 1.29 is 119 Å². The van der Waals surface area contributed by atoms with Crippen LogP contribution in [0.15, 0.2) is 94.7 Å². The average molecular weight is 659 g/mol. The van der Waals surface area contributed by atoms with E-state index in [0.717, 1.165) is 54.6 Å². The molecule has 0 bridgehead atoms. The number of hydrogen-bond acceptors (Lipinski definition) is 11. The molecule has 0 amide bonds. The molecular weight excluding hydrogens is 642 g/mol. The van der Waals surface area contributed by atoms with Gasteiger partial charge in [-0.1, -0.05) is 0 Å². The molecule has 0 radical (unpaired) electrons. The van der Waals surface area contributed by atoms with Gasteiger partial charge in [0.1, 0.15) is 48.1 Å². The molecule has 2 N–H and O–H groups in total. The molecule has 0 heterocycles. The first-order valence-electron chi connectivity index (χ1n) is 11.4. The fraction of sp³-hybridized carbons (Fsp3) is 0. The van der Waals surface area contributed by atoms with E-state index >= 15 is 0 Å². The molecule has 0 aliphatic rings. The van der Waals surface area contributed by atoms with Crippen molar-refractivity contribution in [1.82, 2.24) is 0 Å². The molecule has 4 rings (SSSR count). The number of rotatable bonds is 10. The minimum Gasteiger partial charge on any atom is -0.744 e. The molecular formula is C27H16Na2O13S2. The summed E-state index contributed by atoms with van der Waals surface area (Å²) in [6.07, 6.45) is 0. The average Bonchev–Trinajstić information content (AvgIpc) is 2.92. The van der Waals surface area contributed by atoms with Crippen molar-refractivity contribution in [2.24, 2.45) is 0 Å². The first-order valence-corrected chi connectivity index (χ1v) is 14.2. The van der Waals surface area contributed by atoms with Gasteiger partial charge in [-0.05, 0) is 78.9 Å². The predicted octanol–water partition coefficient (Wildman–Crippen LogP) is -2.29. The van der Waals surface area contributed by atoms with Gasteiger partial charge in [-0.25, -0.2) is 26.4 Å². The number of aromatic carboxylic acids is 2. The Morgan fingerprint density at radius 3 is 1.61 bits per heavy atom. The van der Waals surface area contributed by atoms with Gasteiger partial charge >= 0.3 is 71.1 Å². The largest absolute Gasteiger partial charge is 1.00 e. The maximum absolute atomic E-state index is 13.0. The van der Waals surface area contributed by atoms with Gasteiger partial charge in [0, 0.05) is 17.2 Å². The Morgan fingerprint density at radius 1 is 0.568 bits per heavy atom. The third kappa shape index (κ3) is 8.98. The van der Waals surface area contributed by atoms with Gasteiger partial charge < -0.3 is 28.8 Å². The Labute approximate surface area is 294 Å². The Bertz CT molecular complexity index is 1940. The maximum Gasteiger partial charge on any atom is 1.00 e. The van der Waals surface area contributed by atoms with Gasteiger partial charge in [0.25, 0.3) is 0 Å². The summed E-state index contributed by atoms with van der Waals surface area (Å²) >= 11 is 0. The summed E-state index contributed by atoms with van der Waals surface area (Å²) in [6.45, 7) is 0. The first-order chi connectivity index (χ1) is 19.6. The van der Waals surface area contributed by atoms with Crippen molar-refractivity contribution in [1.29, 1.82) is 0 Å². The SMILES string of the molecule is O=C(O)c1ccc(C(=O)O)c(C(=O)c2ccc(Oc3ccc(Oc4ccc(S(=O)(=O)[O-])cc4)c(S(=O)(=O)[O-])c3)cc2)c1.[Na+].[Na+]. The van der Waals surface area contributed by atoms with E-state index in [-0.39, 0.29) is 93.1 Å². The van der Waals surface area contributed by atoms with E-state index < -0.39 is 59.1 Å². The van der Waals surface area contributed by atoms with Crippen LogP contribution >= 0.6 is 0 Å². The first kappa shape index (κ1) is 37.1. The van der Waals surface area contributed by atoms with Crippen LogP contribution in [0.3, 0.4) is 0 Å². The van der Waals surface area contributed by atoms with Gasteiger partial charge in [-0.2, -0.15) is 0 Å². The molecule has 0 aromatic heterocycles. The van der Waals surface area contributed by atoms with Crippen molar-refractivity contribution in [2.45, 2.75) is 9.79 Å². The molecule has 0 unspecified atom stereocenters. The van der Waals surface area contributed by atoms with Crippen molar-refractivity contribution in [3.05, 3.63) is 107 Å². The molecule has 4 aromatic rings. The monoisotopic (exact) mass is 658 g/mol. The van der Waals surface area contributed by atoms with Gasteiger partial charge in [0.15, 0.2) is 5.78 Å². The number of benzene rings is 4. The standard InChI is InChI=1S/C27H18O13S2.2Na/c28-25(22-13-16(26(29)30)3-11-21(22)27(31)32)15-1-4-17(5-2-15)39-19-8-12-23(24(14-19)42(36,37)38)40-18-6-9-20(10-7-18)41(33,34)35;;/h1-14H,(H,29,30)(H,31,32)(H,33,34,35)(H,36,37,38);;/q;2*+1/p-2. The summed E-state index contributed by atoms with van der Waals surface area (Å²) in [5.41, 5.74) is -1.03. The predicted molar refractivity (Wildman–Crippen MR) is 139 cm³/mol. The van der Waals surface area contributed by atoms with E-state index in [1.54, 1.807) is 0 Å². The van der Waals surface area contributed by atoms with E-state index in [0.29, 0.717) is 0 Å². The van der Waals surface area contributed by atoms with E-state index in [1.165, 1.54) is 30.3 Å². The Balaban J connectivity index is 0.00000337. The minimum atomic E-state index is -5.10. The molecule has 0 aliphatic heterocycles. The fourth-order valence-electron chi connectivity index (χ4n) is 3.65. The zero-order chi connectivity index (χ0) is 30.8. The summed E-state index contributed by atoms with van der Waals surface area (Å²) < 4.78 is 79.9. The topological polar surface area (TPSA) is 225 Å². The number of ketones is 1. The van der Waals surface area contributed by atoms with E-state index in [1.807, 2.05) is 0 Å². The van der Waals surface area contributed by atoms with Gasteiger partial charge in [-0.3, -0.25) is 4.79 Å². The smallest absolute Gasteiger partial charge is 0.744 e. The molecule has 216 valence electrons. The van der Waals surface area contributed by atoms with E-state index in [4.69, 9.17) is 9.47 Å². The second-order valence-corrected chi connectivity index (χ2v) is 11.1. The molecule has 0 saturated carbocycles. The molecule has 44 heavy (non-hydrogen) atoms. The summed E-state index contributed by atoms with van der Waals surface area (Å²) in [4.78, 5) is 34.4. The van der Waals surface area contributed by atoms with Crippen molar-refractivity contribution >= 4 is 38.0 Å². The number of carboxylic acids is 2. The summed E-state index contributed by atoms with van der Waals surface area (Å²) in [6, 6.07) is 15.5. The van der Waals surface area contributed by atoms with Crippen LogP contribution in [0.4, 0.5) is 0 Å². The molecule has 0 spiro atoms. The van der Waals surface area contributed by atoms with Crippen LogP contribution in [0.25, 0.3) is 0 Å². The van der Waals surface area contributed by atoms with Crippen LogP contribution in [-0.4, -0.2) is 53.9 Å². The third-order valence-electron chi connectivity index (χ3n) is 5.62. The molecule has 17 heteroatoms. The Morgan fingerprint density at radius 2 is 1.09 bits per heavy atom. The summed E-state index contributed by atoms with van der Waals surface area (Å²) in [5, 5.41) is 18.6. The van der Waals surface area contributed by atoms with Crippen LogP contribution in [0, 0.1) is 0 Å². The van der Waals surface area contributed by atoms with Crippen molar-refractivity contribution in [2.75, 3.05) is 0 Å². The summed E-state index contributed by atoms with van der Waals surface area (Å²) in [5.74, 6) is -4.07. The van der Waals surface area contributed by atoms with Crippen LogP contribution in [0.5, 0.6) is 23.0 Å². The van der Waals surface area contributed by atoms with E-state index in [9.17, 15) is 50.5 Å². The van der Waals surface area contributed by atoms with Crippen molar-refractivity contribution in [3.8, 4) is 23.0 Å². The van der Waals surface area contributed by atoms with Crippen LogP contribution in [-0.2, 0) is 20.2 Å². The minimum absolute atomic E-state index is 0. The second-order valence-electron chi connectivity index (χ2n) is 8.42. The van der Waals surface area contributed by atoms with Crippen LogP contribution < -0.4 is 68.6 Å². The molecule has 4 aromatic carbocycles. The summed E-state index contributed by atoms with van der Waals surface area (Å²) in [7, 11) is -9.83. The van der Waals surface area contributed by atoms with Gasteiger partial charge in [0.05, 0.1) is 16.0 Å². The van der Waals surface area contributed by atoms with E-state index in [2.05, 4.69) is 0 Å². The normalized spacial score (nSPS) is 11.0.